The van der Waals surface area contributed by atoms with Crippen molar-refractivity contribution in [3.63, 3.8) is 0 Å². The van der Waals surface area contributed by atoms with Crippen molar-refractivity contribution < 1.29 is 76.2 Å². The predicted molar refractivity (Wildman–Crippen MR) is 292 cm³/mol. The number of carbonyl (C=O) groups is 7. The molecule has 2 aromatic rings. The van der Waals surface area contributed by atoms with Crippen molar-refractivity contribution >= 4 is 41.2 Å². The Morgan fingerprint density at radius 1 is 0.688 bits per heavy atom. The highest BCUT2D eigenvalue weighted by atomic mass is 16.6. The number of nitrogens with one attached hydrogen (secondary N) is 4. The molecule has 0 spiro atoms. The molecule has 2 heterocycles. The quantitative estimate of drug-likeness (QED) is 0.0545. The van der Waals surface area contributed by atoms with Crippen molar-refractivity contribution in [3.8, 4) is 0 Å². The third kappa shape index (κ3) is 28.9. The molecule has 1 saturated heterocycles. The van der Waals surface area contributed by atoms with Crippen molar-refractivity contribution in [2.45, 2.75) is 104 Å². The lowest BCUT2D eigenvalue weighted by atomic mass is 9.81. The lowest BCUT2D eigenvalue weighted by Gasteiger charge is -2.30. The lowest BCUT2D eigenvalue weighted by Crippen LogP contribution is -2.45. The molecule has 6 amide bonds. The van der Waals surface area contributed by atoms with Crippen molar-refractivity contribution in [3.05, 3.63) is 47.8 Å². The van der Waals surface area contributed by atoms with Gasteiger partial charge in [0.15, 0.2) is 5.78 Å². The molecule has 1 aromatic carbocycles. The van der Waals surface area contributed by atoms with Crippen LogP contribution in [0.5, 0.6) is 0 Å². The van der Waals surface area contributed by atoms with Crippen LogP contribution in [0.4, 0.5) is 0 Å². The molecular formula is C56H90N8O16. The molecule has 1 aliphatic carbocycles. The largest absolute Gasteiger partial charge is 0.377 e. The Bertz CT molecular complexity index is 2080. The van der Waals surface area contributed by atoms with E-state index in [2.05, 4.69) is 38.5 Å². The summed E-state index contributed by atoms with van der Waals surface area (Å²) in [5.74, 6) is -2.11. The minimum atomic E-state index is -0.852. The van der Waals surface area contributed by atoms with Gasteiger partial charge < -0.3 is 63.9 Å². The summed E-state index contributed by atoms with van der Waals surface area (Å²) < 4.78 is 51.3. The van der Waals surface area contributed by atoms with Gasteiger partial charge in [-0.15, -0.1) is 5.10 Å². The van der Waals surface area contributed by atoms with Crippen molar-refractivity contribution in [2.75, 3.05) is 139 Å². The number of carbonyl (C=O) groups excluding carboxylic acids is 7. The fourth-order valence-corrected chi connectivity index (χ4v) is 8.99. The monoisotopic (exact) mass is 1130 g/mol. The van der Waals surface area contributed by atoms with Crippen LogP contribution in [0.2, 0.25) is 0 Å². The zero-order valence-electron chi connectivity index (χ0n) is 47.5. The van der Waals surface area contributed by atoms with Crippen LogP contribution < -0.4 is 21.3 Å². The fourth-order valence-electron chi connectivity index (χ4n) is 8.99. The zero-order valence-corrected chi connectivity index (χ0v) is 47.5. The van der Waals surface area contributed by atoms with Gasteiger partial charge in [-0.3, -0.25) is 38.5 Å². The summed E-state index contributed by atoms with van der Waals surface area (Å²) in [5.41, 5.74) is 1.53. The van der Waals surface area contributed by atoms with Crippen LogP contribution >= 0.6 is 0 Å². The van der Waals surface area contributed by atoms with Gasteiger partial charge >= 0.3 is 0 Å². The summed E-state index contributed by atoms with van der Waals surface area (Å²) in [6.07, 6.45) is 8.83. The Morgan fingerprint density at radius 2 is 1.25 bits per heavy atom. The maximum absolute atomic E-state index is 13.4. The Morgan fingerprint density at radius 3 is 1.80 bits per heavy atom. The fraction of sp³-hybridized carbons (Fsp3) is 0.732. The highest BCUT2D eigenvalue weighted by Crippen LogP contribution is 2.31. The Hall–Kier alpha value is -5.31. The van der Waals surface area contributed by atoms with E-state index in [1.165, 1.54) is 4.90 Å². The van der Waals surface area contributed by atoms with Gasteiger partial charge in [0.2, 0.25) is 35.4 Å². The van der Waals surface area contributed by atoms with Crippen LogP contribution in [0, 0.1) is 23.7 Å². The van der Waals surface area contributed by atoms with Crippen molar-refractivity contribution in [1.82, 2.24) is 41.2 Å². The Kier molecular flexibility index (Phi) is 35.0. The first-order valence-electron chi connectivity index (χ1n) is 28.5. The topological polar surface area (TPSA) is 285 Å². The molecule has 1 aliphatic heterocycles. The number of ketones is 1. The number of amides is 6. The molecular weight excluding hydrogens is 1040 g/mol. The standard InChI is InChI=1S/C56H90N8O16/c1-4-5-7-12-47(54(69)57-3)37-50(65)49(36-44-10-8-6-9-11-44)60-52(67)42-80-41-51(66)58-17-19-72-21-23-74-25-27-76-29-31-78-33-34-79-32-30-77-28-26-75-24-22-73-20-18-63-40-48(61-62-63)38-59-55(70)46-15-13-45(14-16-46)39-64-53(68)35-43(2)56(64)71/h6,8-11,40,43,45-47,49H,4-5,7,12-39,41-42H2,1-3H3,(H,57,69)(H,58,66)(H,59,70)(H,60,67). The summed E-state index contributed by atoms with van der Waals surface area (Å²) in [4.78, 5) is 89.6. The molecule has 3 unspecified atom stereocenters. The first kappa shape index (κ1) is 67.2. The van der Waals surface area contributed by atoms with Crippen molar-refractivity contribution in [2.24, 2.45) is 23.7 Å². The number of unbranched alkanes of at least 4 members (excludes halogenated alkanes) is 2. The summed E-state index contributed by atoms with van der Waals surface area (Å²) in [5, 5.41) is 19.3. The van der Waals surface area contributed by atoms with Gasteiger partial charge in [0.1, 0.15) is 18.9 Å². The molecule has 24 heteroatoms. The van der Waals surface area contributed by atoms with Gasteiger partial charge in [0.05, 0.1) is 131 Å². The number of rotatable bonds is 47. The van der Waals surface area contributed by atoms with E-state index in [0.717, 1.165) is 50.5 Å². The number of Topliss-reactive ketones (excluding diaryl/α,β-unsaturated/α-hetero) is 1. The number of aromatic nitrogens is 3. The highest BCUT2D eigenvalue weighted by Gasteiger charge is 2.38. The first-order chi connectivity index (χ1) is 39.0. The molecule has 24 nitrogen and oxygen atoms in total. The molecule has 4 rings (SSSR count). The van der Waals surface area contributed by atoms with E-state index < -0.39 is 30.4 Å². The van der Waals surface area contributed by atoms with Crippen LogP contribution in [-0.4, -0.2) is 206 Å². The summed E-state index contributed by atoms with van der Waals surface area (Å²) in [6.45, 7) is 11.1. The van der Waals surface area contributed by atoms with Gasteiger partial charge in [-0.05, 0) is 50.0 Å². The molecule has 450 valence electrons. The highest BCUT2D eigenvalue weighted by molar-refractivity contribution is 6.03. The normalized spacial score (nSPS) is 17.1. The maximum Gasteiger partial charge on any atom is 0.246 e. The summed E-state index contributed by atoms with van der Waals surface area (Å²) in [7, 11) is 1.55. The molecule has 80 heavy (non-hydrogen) atoms. The number of ether oxygens (including phenoxy) is 9. The van der Waals surface area contributed by atoms with Gasteiger partial charge in [-0.25, -0.2) is 4.68 Å². The van der Waals surface area contributed by atoms with Gasteiger partial charge in [0, 0.05) is 50.7 Å². The van der Waals surface area contributed by atoms with E-state index in [1.807, 2.05) is 30.3 Å². The van der Waals surface area contributed by atoms with Crippen molar-refractivity contribution in [1.29, 1.82) is 0 Å². The summed E-state index contributed by atoms with van der Waals surface area (Å²) in [6, 6.07) is 8.47. The number of benzene rings is 1. The number of hydrogen-bond acceptors (Lipinski definition) is 18. The smallest absolute Gasteiger partial charge is 0.246 e. The van der Waals surface area contributed by atoms with Crippen LogP contribution in [0.25, 0.3) is 0 Å². The van der Waals surface area contributed by atoms with E-state index in [0.29, 0.717) is 137 Å². The molecule has 1 aromatic heterocycles. The average molecular weight is 1130 g/mol. The predicted octanol–water partition coefficient (Wildman–Crippen LogP) is 1.99. The van der Waals surface area contributed by atoms with E-state index in [-0.39, 0.29) is 79.8 Å². The van der Waals surface area contributed by atoms with Gasteiger partial charge in [0.25, 0.3) is 0 Å². The second kappa shape index (κ2) is 41.6. The number of nitrogens with zero attached hydrogens (tertiary/aromatic N) is 4. The van der Waals surface area contributed by atoms with Crippen LogP contribution in [0.15, 0.2) is 36.5 Å². The van der Waals surface area contributed by atoms with E-state index in [9.17, 15) is 33.6 Å². The van der Waals surface area contributed by atoms with E-state index in [1.54, 1.807) is 24.9 Å². The molecule has 2 fully saturated rings. The number of hydrogen-bond donors (Lipinski definition) is 4. The second-order valence-electron chi connectivity index (χ2n) is 19.9. The van der Waals surface area contributed by atoms with Crippen LogP contribution in [0.3, 0.4) is 0 Å². The van der Waals surface area contributed by atoms with Crippen LogP contribution in [0.1, 0.15) is 89.3 Å². The molecule has 4 N–H and O–H groups in total. The maximum atomic E-state index is 13.4. The summed E-state index contributed by atoms with van der Waals surface area (Å²) >= 11 is 0. The third-order valence-electron chi connectivity index (χ3n) is 13.5. The van der Waals surface area contributed by atoms with E-state index >= 15 is 0 Å². The Balaban J connectivity index is 0.845. The Labute approximate surface area is 471 Å². The molecule has 1 saturated carbocycles. The zero-order chi connectivity index (χ0) is 57.4. The second-order valence-corrected chi connectivity index (χ2v) is 19.9. The average Bonchev–Trinajstić information content (AvgIpc) is 4.04. The lowest BCUT2D eigenvalue weighted by molar-refractivity contribution is -0.140. The minimum absolute atomic E-state index is 0.00875. The van der Waals surface area contributed by atoms with Crippen LogP contribution in [-0.2, 0) is 95.7 Å². The van der Waals surface area contributed by atoms with E-state index in [4.69, 9.17) is 42.6 Å². The number of imide groups is 1. The third-order valence-corrected chi connectivity index (χ3v) is 13.5. The minimum Gasteiger partial charge on any atom is -0.377 e. The molecule has 3 atom stereocenters. The molecule has 0 bridgehead atoms. The van der Waals surface area contributed by atoms with Gasteiger partial charge in [-0.2, -0.15) is 0 Å². The SMILES string of the molecule is CCCCCC(CC(=O)C(Cc1ccccc1)NC(=O)COCC(=O)NCCOCCOCCOCCOCCOCCOCCOCCOCCn1cc(CNC(=O)C2CCC(CN3C(=O)CC(C)C3=O)CC2)nn1)C(=O)NC. The first-order valence-corrected chi connectivity index (χ1v) is 28.5. The molecule has 0 radical (unpaired) electrons. The molecule has 2 aliphatic rings. The van der Waals surface area contributed by atoms with Gasteiger partial charge in [-0.1, -0.05) is 68.7 Å². The number of likely N-dealkylation sites (tertiary alicyclic amines) is 1.